The fraction of sp³-hybridized carbons (Fsp3) is 0.462. The van der Waals surface area contributed by atoms with Crippen molar-refractivity contribution in [3.63, 3.8) is 0 Å². The van der Waals surface area contributed by atoms with E-state index in [1.807, 2.05) is 0 Å². The highest BCUT2D eigenvalue weighted by Crippen LogP contribution is 2.22. The molecule has 0 aliphatic heterocycles. The number of ether oxygens (including phenoxy) is 1. The number of halogens is 3. The lowest BCUT2D eigenvalue weighted by Gasteiger charge is -2.06. The summed E-state index contributed by atoms with van der Waals surface area (Å²) in [6.45, 7) is 0. The molecule has 0 amide bonds. The van der Waals surface area contributed by atoms with E-state index in [0.717, 1.165) is 5.56 Å². The molecule has 100 valence electrons. The summed E-state index contributed by atoms with van der Waals surface area (Å²) >= 11 is 0. The van der Waals surface area contributed by atoms with Gasteiger partial charge in [-0.1, -0.05) is 12.1 Å². The van der Waals surface area contributed by atoms with E-state index in [4.69, 9.17) is 0 Å². The van der Waals surface area contributed by atoms with Crippen molar-refractivity contribution in [1.82, 2.24) is 0 Å². The zero-order valence-electron chi connectivity index (χ0n) is 10.1. The summed E-state index contributed by atoms with van der Waals surface area (Å²) in [5.41, 5.74) is 1.36. The highest BCUT2D eigenvalue weighted by atomic mass is 19.4. The van der Waals surface area contributed by atoms with E-state index in [9.17, 15) is 18.0 Å². The highest BCUT2D eigenvalue weighted by Gasteiger charge is 2.25. The number of hydrogen-bond acceptors (Lipinski definition) is 2. The molecule has 0 N–H and O–H groups in total. The first-order valence-corrected chi connectivity index (χ1v) is 5.66. The number of methoxy groups -OCH3 is 1. The van der Waals surface area contributed by atoms with E-state index >= 15 is 0 Å². The van der Waals surface area contributed by atoms with Crippen molar-refractivity contribution in [1.29, 1.82) is 0 Å². The van der Waals surface area contributed by atoms with Crippen LogP contribution in [-0.4, -0.2) is 19.3 Å². The molecular weight excluding hydrogens is 245 g/mol. The first kappa shape index (κ1) is 14.5. The van der Waals surface area contributed by atoms with Crippen LogP contribution in [0.1, 0.15) is 35.2 Å². The Kier molecular flexibility index (Phi) is 5.19. The maximum atomic E-state index is 11.9. The minimum Gasteiger partial charge on any atom is -0.465 e. The molecule has 0 heterocycles. The van der Waals surface area contributed by atoms with Crippen LogP contribution in [0.3, 0.4) is 0 Å². The Bertz CT molecular complexity index is 382. The van der Waals surface area contributed by atoms with Gasteiger partial charge in [0.25, 0.3) is 0 Å². The number of carbonyl (C=O) groups excluding carboxylic acids is 1. The Hall–Kier alpha value is -1.52. The van der Waals surface area contributed by atoms with E-state index in [1.165, 1.54) is 7.11 Å². The summed E-state index contributed by atoms with van der Waals surface area (Å²) in [7, 11) is 1.30. The van der Waals surface area contributed by atoms with Crippen molar-refractivity contribution in [2.45, 2.75) is 31.9 Å². The van der Waals surface area contributed by atoms with Crippen molar-refractivity contribution in [3.05, 3.63) is 35.4 Å². The van der Waals surface area contributed by atoms with E-state index in [1.54, 1.807) is 24.3 Å². The molecule has 2 nitrogen and oxygen atoms in total. The molecule has 1 rings (SSSR count). The second-order valence-electron chi connectivity index (χ2n) is 4.01. The number of benzene rings is 1. The van der Waals surface area contributed by atoms with Gasteiger partial charge >= 0.3 is 12.1 Å². The molecule has 0 radical (unpaired) electrons. The van der Waals surface area contributed by atoms with Crippen LogP contribution in [0.15, 0.2) is 24.3 Å². The highest BCUT2D eigenvalue weighted by molar-refractivity contribution is 5.89. The second kappa shape index (κ2) is 6.42. The Labute approximate surface area is 104 Å². The molecule has 0 spiro atoms. The van der Waals surface area contributed by atoms with Gasteiger partial charge in [-0.25, -0.2) is 4.79 Å². The molecule has 0 unspecified atom stereocenters. The van der Waals surface area contributed by atoms with E-state index in [2.05, 4.69) is 4.74 Å². The monoisotopic (exact) mass is 260 g/mol. The van der Waals surface area contributed by atoms with Crippen LogP contribution in [-0.2, 0) is 11.2 Å². The molecule has 0 fully saturated rings. The van der Waals surface area contributed by atoms with Gasteiger partial charge in [-0.3, -0.25) is 0 Å². The third kappa shape index (κ3) is 5.21. The van der Waals surface area contributed by atoms with Gasteiger partial charge in [0.15, 0.2) is 0 Å². The van der Waals surface area contributed by atoms with Crippen molar-refractivity contribution in [2.24, 2.45) is 0 Å². The minimum absolute atomic E-state index is 0.127. The maximum Gasteiger partial charge on any atom is 0.389 e. The van der Waals surface area contributed by atoms with Crippen LogP contribution in [0.2, 0.25) is 0 Å². The van der Waals surface area contributed by atoms with Gasteiger partial charge in [0.05, 0.1) is 12.7 Å². The summed E-state index contributed by atoms with van der Waals surface area (Å²) in [5, 5.41) is 0. The zero-order valence-corrected chi connectivity index (χ0v) is 10.1. The lowest BCUT2D eigenvalue weighted by molar-refractivity contribution is -0.135. The van der Waals surface area contributed by atoms with Crippen LogP contribution < -0.4 is 0 Å². The fourth-order valence-electron chi connectivity index (χ4n) is 1.58. The molecule has 0 saturated heterocycles. The topological polar surface area (TPSA) is 26.3 Å². The Morgan fingerprint density at radius 3 is 2.28 bits per heavy atom. The number of aryl methyl sites for hydroxylation is 1. The van der Waals surface area contributed by atoms with Crippen LogP contribution in [0.5, 0.6) is 0 Å². The van der Waals surface area contributed by atoms with E-state index < -0.39 is 18.6 Å². The summed E-state index contributed by atoms with van der Waals surface area (Å²) in [5.74, 6) is -0.418. The van der Waals surface area contributed by atoms with Gasteiger partial charge in [-0.05, 0) is 37.0 Å². The lowest BCUT2D eigenvalue weighted by Crippen LogP contribution is -2.06. The lowest BCUT2D eigenvalue weighted by atomic mass is 10.1. The first-order valence-electron chi connectivity index (χ1n) is 5.66. The summed E-state index contributed by atoms with van der Waals surface area (Å²) < 4.78 is 40.3. The van der Waals surface area contributed by atoms with Gasteiger partial charge in [-0.15, -0.1) is 0 Å². The van der Waals surface area contributed by atoms with Crippen molar-refractivity contribution >= 4 is 5.97 Å². The number of esters is 1. The van der Waals surface area contributed by atoms with Gasteiger partial charge in [0, 0.05) is 6.42 Å². The van der Waals surface area contributed by atoms with Crippen molar-refractivity contribution in [3.8, 4) is 0 Å². The molecule has 0 aromatic heterocycles. The number of alkyl halides is 3. The molecule has 5 heteroatoms. The molecule has 1 aromatic rings. The third-order valence-electron chi connectivity index (χ3n) is 2.55. The Balaban J connectivity index is 2.38. The number of hydrogen-bond donors (Lipinski definition) is 0. The van der Waals surface area contributed by atoms with Crippen LogP contribution in [0.25, 0.3) is 0 Å². The fourth-order valence-corrected chi connectivity index (χ4v) is 1.58. The second-order valence-corrected chi connectivity index (χ2v) is 4.01. The van der Waals surface area contributed by atoms with Crippen molar-refractivity contribution in [2.75, 3.05) is 7.11 Å². The zero-order chi connectivity index (χ0) is 13.6. The number of rotatable bonds is 5. The average Bonchev–Trinajstić information content (AvgIpc) is 2.33. The molecule has 0 atom stereocenters. The Morgan fingerprint density at radius 2 is 1.78 bits per heavy atom. The van der Waals surface area contributed by atoms with Gasteiger partial charge in [0.2, 0.25) is 0 Å². The normalized spacial score (nSPS) is 11.3. The summed E-state index contributed by atoms with van der Waals surface area (Å²) in [6.07, 6.45) is -3.63. The number of carbonyl (C=O) groups is 1. The first-order chi connectivity index (χ1) is 8.42. The molecule has 1 aromatic carbocycles. The standard InChI is InChI=1S/C13H15F3O2/c1-18-12(17)11-7-5-10(6-8-11)4-2-3-9-13(14,15)16/h5-8H,2-4,9H2,1H3. The van der Waals surface area contributed by atoms with Crippen molar-refractivity contribution < 1.29 is 22.7 Å². The predicted octanol–water partition coefficient (Wildman–Crippen LogP) is 3.75. The van der Waals surface area contributed by atoms with Gasteiger partial charge < -0.3 is 4.74 Å². The quantitative estimate of drug-likeness (QED) is 0.595. The molecule has 0 aliphatic rings. The molecule has 0 aliphatic carbocycles. The summed E-state index contributed by atoms with van der Waals surface area (Å²) in [4.78, 5) is 11.1. The largest absolute Gasteiger partial charge is 0.465 e. The molecule has 18 heavy (non-hydrogen) atoms. The summed E-state index contributed by atoms with van der Waals surface area (Å²) in [6, 6.07) is 6.70. The average molecular weight is 260 g/mol. The van der Waals surface area contributed by atoms with E-state index in [-0.39, 0.29) is 6.42 Å². The molecular formula is C13H15F3O2. The minimum atomic E-state index is -4.07. The molecule has 0 bridgehead atoms. The third-order valence-corrected chi connectivity index (χ3v) is 2.55. The van der Waals surface area contributed by atoms with Crippen LogP contribution in [0, 0.1) is 0 Å². The van der Waals surface area contributed by atoms with Crippen LogP contribution in [0.4, 0.5) is 13.2 Å². The predicted molar refractivity (Wildman–Crippen MR) is 61.4 cm³/mol. The van der Waals surface area contributed by atoms with E-state index in [0.29, 0.717) is 18.4 Å². The van der Waals surface area contributed by atoms with Gasteiger partial charge in [-0.2, -0.15) is 13.2 Å². The smallest absolute Gasteiger partial charge is 0.389 e. The van der Waals surface area contributed by atoms with Gasteiger partial charge in [0.1, 0.15) is 0 Å². The van der Waals surface area contributed by atoms with Crippen LogP contribution >= 0.6 is 0 Å². The number of unbranched alkanes of at least 4 members (excludes halogenated alkanes) is 1. The molecule has 0 saturated carbocycles. The maximum absolute atomic E-state index is 11.9. The SMILES string of the molecule is COC(=O)c1ccc(CCCCC(F)(F)F)cc1. The Morgan fingerprint density at radius 1 is 1.17 bits per heavy atom.